The van der Waals surface area contributed by atoms with E-state index in [1.54, 1.807) is 39.0 Å². The Morgan fingerprint density at radius 3 is 2.54 bits per heavy atom. The van der Waals surface area contributed by atoms with Crippen LogP contribution in [0.2, 0.25) is 0 Å². The highest BCUT2D eigenvalue weighted by Crippen LogP contribution is 2.43. The summed E-state index contributed by atoms with van der Waals surface area (Å²) in [4.78, 5) is 35.8. The SMILES string of the molecule is C[C@@H](SC1COC(/C=C/C=C/c2ccc(C#N)cc2F)OC1)[C@@](Cn1cncn1)(OC(=O)CC(C)(C)COP(=O)(O)O)c1ccc(F)cc1F. The fourth-order valence-electron chi connectivity index (χ4n) is 5.07. The van der Waals surface area contributed by atoms with Crippen molar-refractivity contribution in [3.8, 4) is 6.07 Å². The van der Waals surface area contributed by atoms with Crippen molar-refractivity contribution in [3.63, 3.8) is 0 Å². The van der Waals surface area contributed by atoms with E-state index >= 15 is 4.39 Å². The monoisotopic (exact) mass is 736 g/mol. The van der Waals surface area contributed by atoms with Crippen molar-refractivity contribution in [1.29, 1.82) is 5.26 Å². The number of halogens is 3. The molecule has 12 nitrogen and oxygen atoms in total. The lowest BCUT2D eigenvalue weighted by Gasteiger charge is -2.41. The second kappa shape index (κ2) is 16.9. The molecule has 2 heterocycles. The first-order chi connectivity index (χ1) is 23.6. The lowest BCUT2D eigenvalue weighted by Crippen LogP contribution is -2.47. The van der Waals surface area contributed by atoms with E-state index in [-0.39, 0.29) is 42.6 Å². The first kappa shape index (κ1) is 39.0. The zero-order valence-corrected chi connectivity index (χ0v) is 29.0. The Bertz CT molecular complexity index is 1770. The number of benzene rings is 2. The quantitative estimate of drug-likeness (QED) is 0.112. The van der Waals surface area contributed by atoms with Gasteiger partial charge in [-0.15, -0.1) is 11.8 Å². The van der Waals surface area contributed by atoms with Crippen LogP contribution in [0.4, 0.5) is 13.2 Å². The number of esters is 1. The summed E-state index contributed by atoms with van der Waals surface area (Å²) in [6, 6.07) is 8.95. The van der Waals surface area contributed by atoms with Crippen LogP contribution in [0, 0.1) is 34.2 Å². The molecule has 0 aliphatic carbocycles. The molecule has 0 unspecified atom stereocenters. The van der Waals surface area contributed by atoms with Gasteiger partial charge < -0.3 is 24.0 Å². The molecule has 3 aromatic rings. The van der Waals surface area contributed by atoms with Crippen molar-refractivity contribution in [2.75, 3.05) is 19.8 Å². The third-order valence-electron chi connectivity index (χ3n) is 7.52. The van der Waals surface area contributed by atoms with Gasteiger partial charge in [-0.1, -0.05) is 38.1 Å². The summed E-state index contributed by atoms with van der Waals surface area (Å²) in [6.45, 7) is 4.46. The molecule has 1 aliphatic heterocycles. The number of hydrogen-bond donors (Lipinski definition) is 2. The molecule has 2 N–H and O–H groups in total. The second-order valence-corrected chi connectivity index (χ2v) is 15.1. The summed E-state index contributed by atoms with van der Waals surface area (Å²) in [7, 11) is -4.82. The van der Waals surface area contributed by atoms with Crippen LogP contribution >= 0.6 is 19.6 Å². The number of carbonyl (C=O) groups is 1. The number of thioether (sulfide) groups is 1. The molecule has 0 bridgehead atoms. The maximum Gasteiger partial charge on any atom is 0.469 e. The average Bonchev–Trinajstić information content (AvgIpc) is 3.55. The Morgan fingerprint density at radius 2 is 1.92 bits per heavy atom. The topological polar surface area (TPSA) is 166 Å². The molecule has 2 atom stereocenters. The predicted molar refractivity (Wildman–Crippen MR) is 176 cm³/mol. The van der Waals surface area contributed by atoms with E-state index in [1.807, 2.05) is 6.07 Å². The number of carbonyl (C=O) groups excluding carboxylic acids is 1. The summed E-state index contributed by atoms with van der Waals surface area (Å²) >= 11 is 1.28. The maximum absolute atomic E-state index is 15.6. The van der Waals surface area contributed by atoms with Crippen molar-refractivity contribution in [2.45, 2.75) is 56.1 Å². The highest BCUT2D eigenvalue weighted by atomic mass is 32.2. The third-order valence-corrected chi connectivity index (χ3v) is 9.44. The molecular formula is C33H36F3N4O8PS. The molecule has 4 rings (SSSR count). The summed E-state index contributed by atoms with van der Waals surface area (Å²) in [5.41, 5.74) is -2.51. The van der Waals surface area contributed by atoms with Crippen LogP contribution in [0.5, 0.6) is 0 Å². The number of ether oxygens (including phenoxy) is 3. The summed E-state index contributed by atoms with van der Waals surface area (Å²) in [5, 5.41) is 12.0. The van der Waals surface area contributed by atoms with E-state index in [9.17, 15) is 18.1 Å². The molecule has 0 amide bonds. The molecule has 50 heavy (non-hydrogen) atoms. The van der Waals surface area contributed by atoms with Crippen LogP contribution in [0.15, 0.2) is 67.3 Å². The van der Waals surface area contributed by atoms with E-state index in [0.717, 1.165) is 12.1 Å². The predicted octanol–water partition coefficient (Wildman–Crippen LogP) is 5.66. The summed E-state index contributed by atoms with van der Waals surface area (Å²) in [5.74, 6) is -3.18. The molecule has 1 fully saturated rings. The van der Waals surface area contributed by atoms with Crippen LogP contribution in [-0.4, -0.2) is 67.1 Å². The number of phosphoric acid groups is 1. The van der Waals surface area contributed by atoms with E-state index in [2.05, 4.69) is 14.6 Å². The highest BCUT2D eigenvalue weighted by molar-refractivity contribution is 8.00. The number of nitrogens with zero attached hydrogens (tertiary/aromatic N) is 4. The number of aromatic nitrogens is 3. The molecule has 0 radical (unpaired) electrons. The third kappa shape index (κ3) is 11.1. The Kier molecular flexibility index (Phi) is 13.2. The second-order valence-electron chi connectivity index (χ2n) is 12.2. The largest absolute Gasteiger partial charge is 0.469 e. The number of nitriles is 1. The van der Waals surface area contributed by atoms with E-state index in [1.165, 1.54) is 53.4 Å². The van der Waals surface area contributed by atoms with Gasteiger partial charge in [-0.05, 0) is 42.7 Å². The Balaban J connectivity index is 1.51. The van der Waals surface area contributed by atoms with Crippen molar-refractivity contribution < 1.29 is 51.1 Å². The average molecular weight is 737 g/mol. The molecule has 0 saturated carbocycles. The zero-order valence-electron chi connectivity index (χ0n) is 27.3. The first-order valence-electron chi connectivity index (χ1n) is 15.2. The lowest BCUT2D eigenvalue weighted by atomic mass is 9.88. The molecule has 17 heteroatoms. The van der Waals surface area contributed by atoms with Gasteiger partial charge in [-0.25, -0.2) is 27.4 Å². The van der Waals surface area contributed by atoms with Gasteiger partial charge in [0.15, 0.2) is 11.9 Å². The zero-order chi connectivity index (χ0) is 36.5. The standard InChI is InChI=1S/C33H36F3N4O8PS/c1-22(50-26-16-45-31(46-17-26)7-5-4-6-24-9-8-23(15-37)12-28(24)35)33(18-40-21-38-20-39-40,27-11-10-25(34)13-29(27)36)48-30(41)14-32(2,3)19-47-49(42,43)44/h4-13,20-22,26,31H,14,16-19H2,1-3H3,(H2,42,43,44)/b6-4+,7-5+/t22-,26?,31?,33-/m1/s1. The van der Waals surface area contributed by atoms with Gasteiger partial charge in [0.1, 0.15) is 30.1 Å². The molecule has 1 aliphatic rings. The molecular weight excluding hydrogens is 700 g/mol. The van der Waals surface area contributed by atoms with Gasteiger partial charge in [0, 0.05) is 22.4 Å². The fraction of sp³-hybridized carbons (Fsp3) is 0.394. The minimum atomic E-state index is -4.82. The van der Waals surface area contributed by atoms with Crippen molar-refractivity contribution in [1.82, 2.24) is 14.8 Å². The van der Waals surface area contributed by atoms with E-state index in [0.29, 0.717) is 11.6 Å². The molecule has 1 saturated heterocycles. The number of hydrogen-bond acceptors (Lipinski definition) is 10. The van der Waals surface area contributed by atoms with Gasteiger partial charge in [0.05, 0.1) is 49.7 Å². The molecule has 1 aromatic heterocycles. The molecule has 2 aromatic carbocycles. The highest BCUT2D eigenvalue weighted by Gasteiger charge is 2.47. The van der Waals surface area contributed by atoms with Crippen molar-refractivity contribution in [2.24, 2.45) is 5.41 Å². The van der Waals surface area contributed by atoms with E-state index in [4.69, 9.17) is 29.3 Å². The van der Waals surface area contributed by atoms with Gasteiger partial charge in [0.25, 0.3) is 0 Å². The molecule has 0 spiro atoms. The summed E-state index contributed by atoms with van der Waals surface area (Å²) in [6.07, 6.45) is 7.91. The molecule has 268 valence electrons. The first-order valence-corrected chi connectivity index (χ1v) is 17.7. The van der Waals surface area contributed by atoms with Crippen LogP contribution in [-0.2, 0) is 40.2 Å². The van der Waals surface area contributed by atoms with Crippen LogP contribution in [0.1, 0.15) is 43.9 Å². The van der Waals surface area contributed by atoms with Gasteiger partial charge >= 0.3 is 13.8 Å². The smallest absolute Gasteiger partial charge is 0.451 e. The van der Waals surface area contributed by atoms with Crippen molar-refractivity contribution >= 4 is 31.6 Å². The number of phosphoric ester groups is 1. The number of rotatable bonds is 15. The van der Waals surface area contributed by atoms with Crippen LogP contribution < -0.4 is 0 Å². The Hall–Kier alpha value is -3.81. The van der Waals surface area contributed by atoms with Gasteiger partial charge in [0.2, 0.25) is 0 Å². The van der Waals surface area contributed by atoms with E-state index < -0.39 is 60.4 Å². The maximum atomic E-state index is 15.6. The van der Waals surface area contributed by atoms with Crippen LogP contribution in [0.25, 0.3) is 6.08 Å². The lowest BCUT2D eigenvalue weighted by molar-refractivity contribution is -0.166. The number of allylic oxidation sites excluding steroid dienone is 2. The normalized spacial score (nSPS) is 18.9. The Labute approximate surface area is 291 Å². The fourth-order valence-corrected chi connectivity index (χ4v) is 6.94. The van der Waals surface area contributed by atoms with Crippen LogP contribution in [0.3, 0.4) is 0 Å². The Morgan fingerprint density at radius 1 is 1.18 bits per heavy atom. The van der Waals surface area contributed by atoms with Gasteiger partial charge in [-0.2, -0.15) is 10.4 Å². The van der Waals surface area contributed by atoms with Gasteiger partial charge in [-0.3, -0.25) is 9.32 Å². The minimum absolute atomic E-state index is 0.129. The minimum Gasteiger partial charge on any atom is -0.451 e. The summed E-state index contributed by atoms with van der Waals surface area (Å²) < 4.78 is 79.0. The van der Waals surface area contributed by atoms with Crippen molar-refractivity contribution in [3.05, 3.63) is 101 Å².